The molecular formula is C13H24ClN3O2. The highest BCUT2D eigenvalue weighted by Crippen LogP contribution is 2.12. The molecule has 2 aliphatic heterocycles. The molecule has 0 aliphatic carbocycles. The molecule has 0 bridgehead atoms. The molecule has 5 nitrogen and oxygen atoms in total. The monoisotopic (exact) mass is 289 g/mol. The molecule has 0 spiro atoms. The summed E-state index contributed by atoms with van der Waals surface area (Å²) < 4.78 is 0. The fraction of sp³-hybridized carbons (Fsp3) is 0.846. The van der Waals surface area contributed by atoms with Crippen LogP contribution in [-0.2, 0) is 9.59 Å². The highest BCUT2D eigenvalue weighted by molar-refractivity contribution is 5.85. The van der Waals surface area contributed by atoms with Gasteiger partial charge in [0.05, 0.1) is 6.54 Å². The third-order valence-electron chi connectivity index (χ3n) is 3.97. The van der Waals surface area contributed by atoms with E-state index < -0.39 is 0 Å². The molecule has 2 saturated heterocycles. The lowest BCUT2D eigenvalue weighted by Gasteiger charge is -2.27. The number of halogens is 1. The van der Waals surface area contributed by atoms with E-state index in [2.05, 4.69) is 5.32 Å². The standard InChI is InChI=1S/C13H23N3O2.ClH/c1-15(11-6-7-14-9-11)13(18)10-16-8-4-2-3-5-12(16)17;/h11,14H,2-10H2,1H3;1H. The Morgan fingerprint density at radius 2 is 2.21 bits per heavy atom. The number of carbonyl (C=O) groups excluding carboxylic acids is 2. The number of amides is 2. The van der Waals surface area contributed by atoms with Crippen molar-refractivity contribution in [1.82, 2.24) is 15.1 Å². The Balaban J connectivity index is 0.00000180. The average Bonchev–Trinajstić information content (AvgIpc) is 2.82. The Morgan fingerprint density at radius 3 is 2.89 bits per heavy atom. The van der Waals surface area contributed by atoms with Crippen LogP contribution in [-0.4, -0.2) is 60.9 Å². The van der Waals surface area contributed by atoms with Crippen LogP contribution in [0.2, 0.25) is 0 Å². The van der Waals surface area contributed by atoms with E-state index >= 15 is 0 Å². The summed E-state index contributed by atoms with van der Waals surface area (Å²) in [4.78, 5) is 27.5. The van der Waals surface area contributed by atoms with Gasteiger partial charge >= 0.3 is 0 Å². The minimum Gasteiger partial charge on any atom is -0.340 e. The van der Waals surface area contributed by atoms with Gasteiger partial charge in [-0.3, -0.25) is 9.59 Å². The van der Waals surface area contributed by atoms with Gasteiger partial charge in [-0.1, -0.05) is 6.42 Å². The van der Waals surface area contributed by atoms with E-state index in [1.807, 2.05) is 7.05 Å². The van der Waals surface area contributed by atoms with Crippen molar-refractivity contribution in [2.24, 2.45) is 0 Å². The molecule has 0 aromatic rings. The lowest BCUT2D eigenvalue weighted by molar-refractivity contribution is -0.140. The van der Waals surface area contributed by atoms with E-state index in [4.69, 9.17) is 0 Å². The predicted molar refractivity (Wildman–Crippen MR) is 76.3 cm³/mol. The van der Waals surface area contributed by atoms with E-state index in [0.29, 0.717) is 12.5 Å². The summed E-state index contributed by atoms with van der Waals surface area (Å²) in [5.74, 6) is 0.206. The SMILES string of the molecule is CN(C(=O)CN1CCCCCC1=O)C1CCNC1.Cl. The summed E-state index contributed by atoms with van der Waals surface area (Å²) in [5.41, 5.74) is 0. The van der Waals surface area contributed by atoms with E-state index in [1.165, 1.54) is 0 Å². The molecule has 2 aliphatic rings. The second kappa shape index (κ2) is 7.70. The molecule has 2 heterocycles. The summed E-state index contributed by atoms with van der Waals surface area (Å²) >= 11 is 0. The van der Waals surface area contributed by atoms with Crippen molar-refractivity contribution < 1.29 is 9.59 Å². The van der Waals surface area contributed by atoms with Crippen LogP contribution >= 0.6 is 12.4 Å². The van der Waals surface area contributed by atoms with Gasteiger partial charge in [0.15, 0.2) is 0 Å². The Kier molecular flexibility index (Phi) is 6.58. The van der Waals surface area contributed by atoms with Gasteiger partial charge in [-0.05, 0) is 25.8 Å². The number of nitrogens with one attached hydrogen (secondary N) is 1. The summed E-state index contributed by atoms with van der Waals surface area (Å²) in [6.07, 6.45) is 4.69. The zero-order valence-corrected chi connectivity index (χ0v) is 12.4. The van der Waals surface area contributed by atoms with Gasteiger partial charge in [0.2, 0.25) is 11.8 Å². The lowest BCUT2D eigenvalue weighted by Crippen LogP contribution is -2.45. The molecule has 1 unspecified atom stereocenters. The number of hydrogen-bond acceptors (Lipinski definition) is 3. The highest BCUT2D eigenvalue weighted by atomic mass is 35.5. The van der Waals surface area contributed by atoms with Gasteiger partial charge in [-0.15, -0.1) is 12.4 Å². The van der Waals surface area contributed by atoms with Gasteiger partial charge in [0.1, 0.15) is 0 Å². The molecule has 110 valence electrons. The van der Waals surface area contributed by atoms with Crippen molar-refractivity contribution in [2.45, 2.75) is 38.1 Å². The molecule has 2 rings (SSSR count). The van der Waals surface area contributed by atoms with E-state index in [0.717, 1.165) is 45.3 Å². The fourth-order valence-corrected chi connectivity index (χ4v) is 2.65. The third-order valence-corrected chi connectivity index (χ3v) is 3.97. The van der Waals surface area contributed by atoms with Crippen LogP contribution < -0.4 is 5.32 Å². The van der Waals surface area contributed by atoms with Crippen molar-refractivity contribution >= 4 is 24.2 Å². The van der Waals surface area contributed by atoms with Crippen LogP contribution in [0.5, 0.6) is 0 Å². The van der Waals surface area contributed by atoms with Crippen LogP contribution in [0.4, 0.5) is 0 Å². The second-order valence-electron chi connectivity index (χ2n) is 5.28. The van der Waals surface area contributed by atoms with Crippen molar-refractivity contribution in [3.63, 3.8) is 0 Å². The van der Waals surface area contributed by atoms with Crippen LogP contribution in [0, 0.1) is 0 Å². The number of carbonyl (C=O) groups is 2. The molecule has 2 fully saturated rings. The molecule has 19 heavy (non-hydrogen) atoms. The molecule has 1 atom stereocenters. The van der Waals surface area contributed by atoms with Crippen molar-refractivity contribution in [2.75, 3.05) is 33.2 Å². The second-order valence-corrected chi connectivity index (χ2v) is 5.28. The van der Waals surface area contributed by atoms with E-state index in [9.17, 15) is 9.59 Å². The van der Waals surface area contributed by atoms with Crippen LogP contribution in [0.3, 0.4) is 0 Å². The number of likely N-dealkylation sites (tertiary alicyclic amines) is 1. The predicted octanol–water partition coefficient (Wildman–Crippen LogP) is 0.631. The largest absolute Gasteiger partial charge is 0.340 e. The highest BCUT2D eigenvalue weighted by Gasteiger charge is 2.26. The van der Waals surface area contributed by atoms with E-state index in [1.54, 1.807) is 9.80 Å². The summed E-state index contributed by atoms with van der Waals surface area (Å²) in [7, 11) is 1.85. The van der Waals surface area contributed by atoms with Gasteiger partial charge in [-0.25, -0.2) is 0 Å². The molecular weight excluding hydrogens is 266 g/mol. The van der Waals surface area contributed by atoms with Gasteiger partial charge in [0, 0.05) is 32.6 Å². The normalized spacial score (nSPS) is 23.7. The Morgan fingerprint density at radius 1 is 1.42 bits per heavy atom. The molecule has 0 saturated carbocycles. The van der Waals surface area contributed by atoms with Gasteiger partial charge in [0.25, 0.3) is 0 Å². The van der Waals surface area contributed by atoms with Crippen molar-refractivity contribution in [1.29, 1.82) is 0 Å². The topological polar surface area (TPSA) is 52.7 Å². The minimum absolute atomic E-state index is 0. The summed E-state index contributed by atoms with van der Waals surface area (Å²) in [5, 5.41) is 3.26. The fourth-order valence-electron chi connectivity index (χ4n) is 2.65. The molecule has 6 heteroatoms. The van der Waals surface area contributed by atoms with Crippen molar-refractivity contribution in [3.05, 3.63) is 0 Å². The molecule has 2 amide bonds. The molecule has 0 radical (unpaired) electrons. The Bertz CT molecular complexity index is 319. The van der Waals surface area contributed by atoms with Crippen LogP contribution in [0.1, 0.15) is 32.1 Å². The third kappa shape index (κ3) is 4.35. The number of hydrogen-bond donors (Lipinski definition) is 1. The zero-order chi connectivity index (χ0) is 13.0. The minimum atomic E-state index is 0. The lowest BCUT2D eigenvalue weighted by atomic mass is 10.2. The van der Waals surface area contributed by atoms with Gasteiger partial charge < -0.3 is 15.1 Å². The Hall–Kier alpha value is -0.810. The first-order chi connectivity index (χ1) is 8.68. The maximum Gasteiger partial charge on any atom is 0.242 e. The maximum atomic E-state index is 12.2. The summed E-state index contributed by atoms with van der Waals surface area (Å²) in [6.45, 7) is 2.84. The smallest absolute Gasteiger partial charge is 0.242 e. The zero-order valence-electron chi connectivity index (χ0n) is 11.6. The molecule has 0 aromatic carbocycles. The molecule has 0 aromatic heterocycles. The average molecular weight is 290 g/mol. The maximum absolute atomic E-state index is 12.2. The van der Waals surface area contributed by atoms with E-state index in [-0.39, 0.29) is 30.8 Å². The van der Waals surface area contributed by atoms with Gasteiger partial charge in [-0.2, -0.15) is 0 Å². The molecule has 1 N–H and O–H groups in total. The first kappa shape index (κ1) is 16.2. The first-order valence-electron chi connectivity index (χ1n) is 6.92. The quantitative estimate of drug-likeness (QED) is 0.829. The number of likely N-dealkylation sites (N-methyl/N-ethyl adjacent to an activating group) is 1. The number of nitrogens with zero attached hydrogens (tertiary/aromatic N) is 2. The Labute approximate surface area is 121 Å². The number of rotatable bonds is 3. The van der Waals surface area contributed by atoms with Crippen molar-refractivity contribution in [3.8, 4) is 0 Å². The van der Waals surface area contributed by atoms with Crippen LogP contribution in [0.15, 0.2) is 0 Å². The van der Waals surface area contributed by atoms with Crippen LogP contribution in [0.25, 0.3) is 0 Å². The first-order valence-corrected chi connectivity index (χ1v) is 6.92. The summed E-state index contributed by atoms with van der Waals surface area (Å²) in [6, 6.07) is 0.291.